The molecule has 6 aromatic rings. The lowest BCUT2D eigenvalue weighted by molar-refractivity contribution is 0.0905. The summed E-state index contributed by atoms with van der Waals surface area (Å²) in [5.41, 5.74) is 5.19. The van der Waals surface area contributed by atoms with Crippen molar-refractivity contribution in [3.63, 3.8) is 0 Å². The van der Waals surface area contributed by atoms with Gasteiger partial charge >= 0.3 is 0 Å². The second-order valence-electron chi connectivity index (χ2n) is 13.8. The lowest BCUT2D eigenvalue weighted by Gasteiger charge is -2.16. The number of nitrogens with zero attached hydrogens (tertiary/aromatic N) is 2. The molecule has 2 atom stereocenters. The molecule has 0 aliphatic rings. The van der Waals surface area contributed by atoms with E-state index in [1.165, 1.54) is 0 Å². The Kier molecular flexibility index (Phi) is 21.4. The number of aromatic nitrogens is 4. The summed E-state index contributed by atoms with van der Waals surface area (Å²) in [5, 5.41) is 33.5. The van der Waals surface area contributed by atoms with E-state index in [-0.39, 0.29) is 69.4 Å². The first-order valence-electron chi connectivity index (χ1n) is 18.3. The summed E-state index contributed by atoms with van der Waals surface area (Å²) in [6.45, 7) is 7.58. The van der Waals surface area contributed by atoms with E-state index in [2.05, 4.69) is 41.2 Å². The monoisotopic (exact) mass is 952 g/mol. The fraction of sp³-hybridized carbons (Fsp3) is 0.256. The molecule has 2 amide bonds. The second-order valence-corrected chi connectivity index (χ2v) is 15.5. The number of benzene rings is 2. The number of carbonyl (C=O) groups is 2. The molecule has 4 aromatic heterocycles. The number of anilines is 2. The third kappa shape index (κ3) is 14.8. The average Bonchev–Trinajstić information content (AvgIpc) is 3.89. The molecule has 61 heavy (non-hydrogen) atoms. The first kappa shape index (κ1) is 52.6. The summed E-state index contributed by atoms with van der Waals surface area (Å²) in [6, 6.07) is 20.5. The SMILES string of the molecule is C.CC(C)Nc1cc(-c2c[nH]c(C(=O)N[C@H](CO)c3cccc(Cl)c3)c2)c(Cl)cn1.CC(C)Nc1cc(-c2c[nH]c(C(=O)N[C@H](CO)c3cccc(Cl)c3)c2)c(Cl)cn1.Cl.Cl. The highest BCUT2D eigenvalue weighted by Crippen LogP contribution is 2.32. The van der Waals surface area contributed by atoms with Gasteiger partial charge in [0, 0.05) is 69.2 Å². The molecule has 0 unspecified atom stereocenters. The Morgan fingerprint density at radius 1 is 0.623 bits per heavy atom. The van der Waals surface area contributed by atoms with E-state index in [0.717, 1.165) is 33.4 Å². The van der Waals surface area contributed by atoms with Crippen molar-refractivity contribution in [1.29, 1.82) is 0 Å². The van der Waals surface area contributed by atoms with Crippen LogP contribution in [-0.2, 0) is 0 Å². The van der Waals surface area contributed by atoms with Gasteiger partial charge in [-0.25, -0.2) is 9.97 Å². The van der Waals surface area contributed by atoms with Crippen LogP contribution in [0.1, 0.15) is 79.3 Å². The van der Waals surface area contributed by atoms with Crippen LogP contribution in [0.2, 0.25) is 20.1 Å². The zero-order chi connectivity index (χ0) is 41.9. The van der Waals surface area contributed by atoms with Crippen LogP contribution in [0.25, 0.3) is 22.3 Å². The standard InChI is InChI=1S/2C21H22Cl2N4O2.CH4.2ClH/c2*1-12(2)26-20-8-16(17(23)10-25-20)14-7-18(24-9-14)21(29)27-19(11-28)13-4-3-5-15(22)6-13;;;/h2*3-10,12,19,24,28H,11H2,1-2H3,(H,25,26)(H,27,29);1H4;2*1H/t2*19-;;;/m11.../s1. The lowest BCUT2D eigenvalue weighted by Crippen LogP contribution is -2.31. The van der Waals surface area contributed by atoms with Gasteiger partial charge < -0.3 is 41.4 Å². The van der Waals surface area contributed by atoms with Crippen LogP contribution in [-0.4, -0.2) is 67.3 Å². The lowest BCUT2D eigenvalue weighted by atomic mass is 10.1. The molecular formula is C43H50Cl6N8O4. The van der Waals surface area contributed by atoms with Crippen molar-refractivity contribution in [2.75, 3.05) is 23.8 Å². The van der Waals surface area contributed by atoms with Crippen LogP contribution >= 0.6 is 71.2 Å². The van der Waals surface area contributed by atoms with E-state index in [1.807, 2.05) is 39.8 Å². The summed E-state index contributed by atoms with van der Waals surface area (Å²) < 4.78 is 0. The summed E-state index contributed by atoms with van der Waals surface area (Å²) in [6.07, 6.45) is 6.58. The number of hydrogen-bond acceptors (Lipinski definition) is 8. The molecule has 0 bridgehead atoms. The van der Waals surface area contributed by atoms with Crippen LogP contribution in [0, 0.1) is 0 Å². The molecule has 8 N–H and O–H groups in total. The highest BCUT2D eigenvalue weighted by Gasteiger charge is 2.20. The number of H-pyrrole nitrogens is 2. The number of halogens is 6. The Bertz CT molecular complexity index is 2180. The van der Waals surface area contributed by atoms with Gasteiger partial charge in [-0.3, -0.25) is 9.59 Å². The first-order chi connectivity index (χ1) is 27.7. The van der Waals surface area contributed by atoms with Gasteiger partial charge in [0.25, 0.3) is 11.8 Å². The van der Waals surface area contributed by atoms with Gasteiger partial charge in [-0.1, -0.05) is 78.1 Å². The Morgan fingerprint density at radius 2 is 1.00 bits per heavy atom. The summed E-state index contributed by atoms with van der Waals surface area (Å²) in [4.78, 5) is 39.8. The van der Waals surface area contributed by atoms with Crippen LogP contribution in [0.15, 0.2) is 97.6 Å². The van der Waals surface area contributed by atoms with Crippen molar-refractivity contribution in [1.82, 2.24) is 30.6 Å². The van der Waals surface area contributed by atoms with Gasteiger partial charge in [0.15, 0.2) is 0 Å². The van der Waals surface area contributed by atoms with Gasteiger partial charge in [0.05, 0.1) is 35.3 Å². The molecule has 18 heteroatoms. The number of hydrogen-bond donors (Lipinski definition) is 8. The molecule has 0 aliphatic heterocycles. The largest absolute Gasteiger partial charge is 0.394 e. The summed E-state index contributed by atoms with van der Waals surface area (Å²) >= 11 is 24.6. The van der Waals surface area contributed by atoms with Gasteiger partial charge in [-0.2, -0.15) is 0 Å². The molecule has 0 aliphatic carbocycles. The Labute approximate surface area is 388 Å². The Morgan fingerprint density at radius 3 is 1.33 bits per heavy atom. The quantitative estimate of drug-likeness (QED) is 0.0531. The zero-order valence-corrected chi connectivity index (χ0v) is 37.6. The molecule has 0 saturated carbocycles. The average molecular weight is 956 g/mol. The van der Waals surface area contributed by atoms with Crippen LogP contribution < -0.4 is 21.3 Å². The van der Waals surface area contributed by atoms with Gasteiger partial charge in [-0.15, -0.1) is 24.8 Å². The highest BCUT2D eigenvalue weighted by molar-refractivity contribution is 6.33. The minimum atomic E-state index is -0.570. The number of aliphatic hydroxyl groups is 2. The molecule has 4 heterocycles. The van der Waals surface area contributed by atoms with E-state index in [9.17, 15) is 19.8 Å². The molecule has 0 fully saturated rings. The first-order valence-corrected chi connectivity index (χ1v) is 19.8. The molecular weight excluding hydrogens is 905 g/mol. The molecule has 6 rings (SSSR count). The van der Waals surface area contributed by atoms with Gasteiger partial charge in [0.2, 0.25) is 0 Å². The number of pyridine rings is 2. The number of amides is 2. The third-order valence-corrected chi connectivity index (χ3v) is 9.61. The van der Waals surface area contributed by atoms with Crippen molar-refractivity contribution < 1.29 is 19.8 Å². The second kappa shape index (κ2) is 24.8. The fourth-order valence-corrected chi connectivity index (χ4v) is 6.64. The number of aliphatic hydroxyl groups excluding tert-OH is 2. The number of rotatable bonds is 14. The summed E-state index contributed by atoms with van der Waals surface area (Å²) in [5.74, 6) is 0.711. The van der Waals surface area contributed by atoms with Gasteiger partial charge in [-0.05, 0) is 87.4 Å². The molecule has 12 nitrogen and oxygen atoms in total. The van der Waals surface area contributed by atoms with E-state index >= 15 is 0 Å². The topological polar surface area (TPSA) is 180 Å². The maximum Gasteiger partial charge on any atom is 0.268 e. The third-order valence-electron chi connectivity index (χ3n) is 8.54. The predicted octanol–water partition coefficient (Wildman–Crippen LogP) is 10.8. The minimum absolute atomic E-state index is 0. The zero-order valence-electron chi connectivity index (χ0n) is 32.9. The van der Waals surface area contributed by atoms with Crippen molar-refractivity contribution in [2.45, 2.75) is 59.3 Å². The number of nitrogens with one attached hydrogen (secondary N) is 6. The molecule has 0 spiro atoms. The van der Waals surface area contributed by atoms with Crippen LogP contribution in [0.4, 0.5) is 11.6 Å². The minimum Gasteiger partial charge on any atom is -0.394 e. The van der Waals surface area contributed by atoms with E-state index < -0.39 is 12.1 Å². The Balaban J connectivity index is 0.000000400. The molecule has 0 radical (unpaired) electrons. The predicted molar refractivity (Wildman–Crippen MR) is 254 cm³/mol. The summed E-state index contributed by atoms with van der Waals surface area (Å²) in [7, 11) is 0. The van der Waals surface area contributed by atoms with Gasteiger partial charge in [0.1, 0.15) is 23.0 Å². The van der Waals surface area contributed by atoms with Crippen LogP contribution in [0.3, 0.4) is 0 Å². The smallest absolute Gasteiger partial charge is 0.268 e. The van der Waals surface area contributed by atoms with E-state index in [0.29, 0.717) is 43.1 Å². The normalized spacial score (nSPS) is 11.5. The van der Waals surface area contributed by atoms with Crippen molar-refractivity contribution >= 4 is 94.7 Å². The van der Waals surface area contributed by atoms with Crippen molar-refractivity contribution in [3.8, 4) is 22.3 Å². The molecule has 2 aromatic carbocycles. The number of aromatic amines is 2. The maximum absolute atomic E-state index is 12.7. The van der Waals surface area contributed by atoms with Crippen LogP contribution in [0.5, 0.6) is 0 Å². The van der Waals surface area contributed by atoms with Crippen molar-refractivity contribution in [3.05, 3.63) is 140 Å². The number of carbonyl (C=O) groups excluding carboxylic acids is 2. The Hall–Kier alpha value is -4.50. The van der Waals surface area contributed by atoms with E-state index in [1.54, 1.807) is 85.5 Å². The molecule has 328 valence electrons. The fourth-order valence-electron chi connectivity index (χ4n) is 5.82. The molecule has 0 saturated heterocycles. The highest BCUT2D eigenvalue weighted by atomic mass is 35.5. The maximum atomic E-state index is 12.7. The van der Waals surface area contributed by atoms with E-state index in [4.69, 9.17) is 46.4 Å². The van der Waals surface area contributed by atoms with Crippen molar-refractivity contribution in [2.24, 2.45) is 0 Å².